The fourth-order valence-electron chi connectivity index (χ4n) is 2.50. The molecular weight excluding hydrogens is 304 g/mol. The molecule has 3 N–H and O–H groups in total. The molecule has 0 saturated carbocycles. The molecule has 0 aliphatic heterocycles. The van der Waals surface area contributed by atoms with Crippen molar-refractivity contribution in [3.63, 3.8) is 0 Å². The molecule has 0 aliphatic carbocycles. The average Bonchev–Trinajstić information content (AvgIpc) is 2.52. The molecule has 1 atom stereocenters. The zero-order chi connectivity index (χ0) is 18.2. The van der Waals surface area contributed by atoms with E-state index in [2.05, 4.69) is 38.3 Å². The summed E-state index contributed by atoms with van der Waals surface area (Å²) in [6, 6.07) is 7.51. The van der Waals surface area contributed by atoms with E-state index < -0.39 is 11.8 Å². The monoisotopic (exact) mass is 334 g/mol. The first-order valence-electron chi connectivity index (χ1n) is 8.58. The number of benzene rings is 1. The van der Waals surface area contributed by atoms with Gasteiger partial charge in [0, 0.05) is 18.8 Å². The van der Waals surface area contributed by atoms with Crippen molar-refractivity contribution in [1.29, 1.82) is 0 Å². The Balaban J connectivity index is 2.53. The van der Waals surface area contributed by atoms with Gasteiger partial charge in [-0.3, -0.25) is 9.59 Å². The molecule has 24 heavy (non-hydrogen) atoms. The fourth-order valence-corrected chi connectivity index (χ4v) is 2.50. The first-order chi connectivity index (χ1) is 11.3. The minimum atomic E-state index is -0.669. The van der Waals surface area contributed by atoms with E-state index in [1.807, 2.05) is 12.1 Å². The normalized spacial score (nSPS) is 12.5. The van der Waals surface area contributed by atoms with Gasteiger partial charge in [-0.05, 0) is 41.9 Å². The van der Waals surface area contributed by atoms with Gasteiger partial charge in [0.25, 0.3) is 0 Å². The summed E-state index contributed by atoms with van der Waals surface area (Å²) in [5, 5.41) is 14.3. The van der Waals surface area contributed by atoms with Crippen LogP contribution in [0.3, 0.4) is 0 Å². The van der Waals surface area contributed by atoms with Gasteiger partial charge in [-0.1, -0.05) is 46.2 Å². The van der Waals surface area contributed by atoms with Gasteiger partial charge in [0.1, 0.15) is 0 Å². The second-order valence-electron chi connectivity index (χ2n) is 7.16. The van der Waals surface area contributed by atoms with Crippen LogP contribution >= 0.6 is 0 Å². The van der Waals surface area contributed by atoms with Crippen LogP contribution in [0, 0.1) is 5.92 Å². The summed E-state index contributed by atoms with van der Waals surface area (Å²) in [6.45, 7) is 8.91. The van der Waals surface area contributed by atoms with Crippen molar-refractivity contribution in [2.75, 3.05) is 18.5 Å². The van der Waals surface area contributed by atoms with E-state index in [9.17, 15) is 9.59 Å². The molecule has 0 bridgehead atoms. The second kappa shape index (κ2) is 9.42. The lowest BCUT2D eigenvalue weighted by molar-refractivity contribution is -0.136. The highest BCUT2D eigenvalue weighted by Crippen LogP contribution is 2.23. The number of amides is 2. The zero-order valence-corrected chi connectivity index (χ0v) is 15.2. The third-order valence-electron chi connectivity index (χ3n) is 4.00. The molecule has 0 aromatic heterocycles. The third kappa shape index (κ3) is 6.71. The van der Waals surface area contributed by atoms with Gasteiger partial charge in [0.15, 0.2) is 0 Å². The highest BCUT2D eigenvalue weighted by Gasteiger charge is 2.17. The van der Waals surface area contributed by atoms with Crippen LogP contribution in [0.2, 0.25) is 0 Å². The Hall–Kier alpha value is -1.88. The summed E-state index contributed by atoms with van der Waals surface area (Å²) in [6.07, 6.45) is 2.52. The minimum absolute atomic E-state index is 0.0426. The summed E-state index contributed by atoms with van der Waals surface area (Å²) >= 11 is 0. The van der Waals surface area contributed by atoms with Crippen LogP contribution in [0.1, 0.15) is 52.5 Å². The molecule has 0 radical (unpaired) electrons. The molecule has 0 spiro atoms. The summed E-state index contributed by atoms with van der Waals surface area (Å²) in [7, 11) is 0. The predicted molar refractivity (Wildman–Crippen MR) is 96.9 cm³/mol. The first kappa shape index (κ1) is 20.2. The lowest BCUT2D eigenvalue weighted by Crippen LogP contribution is -2.38. The Morgan fingerprint density at radius 3 is 2.21 bits per heavy atom. The summed E-state index contributed by atoms with van der Waals surface area (Å²) in [5.74, 6) is -1.12. The van der Waals surface area contributed by atoms with Gasteiger partial charge >= 0.3 is 11.8 Å². The molecule has 0 saturated heterocycles. The molecule has 1 unspecified atom stereocenters. The maximum absolute atomic E-state index is 12.0. The van der Waals surface area contributed by atoms with Crippen LogP contribution in [0.25, 0.3) is 0 Å². The van der Waals surface area contributed by atoms with Crippen molar-refractivity contribution in [3.05, 3.63) is 29.8 Å². The highest BCUT2D eigenvalue weighted by molar-refractivity contribution is 6.39. The van der Waals surface area contributed by atoms with E-state index >= 15 is 0 Å². The van der Waals surface area contributed by atoms with Crippen LogP contribution in [0.4, 0.5) is 5.69 Å². The van der Waals surface area contributed by atoms with Gasteiger partial charge in [-0.25, -0.2) is 0 Å². The Morgan fingerprint density at radius 1 is 1.08 bits per heavy atom. The molecule has 0 heterocycles. The predicted octanol–water partition coefficient (Wildman–Crippen LogP) is 2.84. The lowest BCUT2D eigenvalue weighted by atomic mass is 9.87. The van der Waals surface area contributed by atoms with Crippen molar-refractivity contribution in [3.8, 4) is 0 Å². The van der Waals surface area contributed by atoms with Gasteiger partial charge in [-0.2, -0.15) is 0 Å². The molecule has 2 amide bonds. The zero-order valence-electron chi connectivity index (χ0n) is 15.2. The Kier molecular flexibility index (Phi) is 7.92. The number of aliphatic hydroxyl groups excluding tert-OH is 1. The van der Waals surface area contributed by atoms with Crippen molar-refractivity contribution < 1.29 is 14.7 Å². The summed E-state index contributed by atoms with van der Waals surface area (Å²) in [4.78, 5) is 23.9. The molecule has 0 fully saturated rings. The smallest absolute Gasteiger partial charge is 0.313 e. The van der Waals surface area contributed by atoms with Crippen LogP contribution in [-0.2, 0) is 15.0 Å². The number of hydrogen-bond acceptors (Lipinski definition) is 3. The van der Waals surface area contributed by atoms with E-state index in [1.54, 1.807) is 12.1 Å². The van der Waals surface area contributed by atoms with Crippen LogP contribution in [0.15, 0.2) is 24.3 Å². The van der Waals surface area contributed by atoms with Gasteiger partial charge in [0.2, 0.25) is 0 Å². The Morgan fingerprint density at radius 2 is 1.71 bits per heavy atom. The average molecular weight is 334 g/mol. The van der Waals surface area contributed by atoms with Crippen LogP contribution in [0.5, 0.6) is 0 Å². The van der Waals surface area contributed by atoms with E-state index in [1.165, 1.54) is 0 Å². The maximum Gasteiger partial charge on any atom is 0.313 e. The van der Waals surface area contributed by atoms with Crippen molar-refractivity contribution >= 4 is 17.5 Å². The van der Waals surface area contributed by atoms with E-state index in [-0.39, 0.29) is 17.9 Å². The summed E-state index contributed by atoms with van der Waals surface area (Å²) in [5.41, 5.74) is 1.81. The standard InChI is InChI=1S/C19H30N2O3/c1-5-6-14(11-12-22)13-20-17(23)18(24)21-16-9-7-15(8-10-16)19(2,3)4/h7-10,14,22H,5-6,11-13H2,1-4H3,(H,20,23)(H,21,24). The number of nitrogens with one attached hydrogen (secondary N) is 2. The molecule has 0 aliphatic rings. The number of rotatable bonds is 7. The Labute approximate surface area is 144 Å². The number of hydrogen-bond donors (Lipinski definition) is 3. The van der Waals surface area contributed by atoms with Crippen molar-refractivity contribution in [2.45, 2.75) is 52.4 Å². The number of aliphatic hydroxyl groups is 1. The van der Waals surface area contributed by atoms with Gasteiger partial charge < -0.3 is 15.7 Å². The summed E-state index contributed by atoms with van der Waals surface area (Å²) < 4.78 is 0. The van der Waals surface area contributed by atoms with Crippen molar-refractivity contribution in [1.82, 2.24) is 5.32 Å². The molecule has 5 heteroatoms. The molecule has 134 valence electrons. The van der Waals surface area contributed by atoms with Crippen LogP contribution < -0.4 is 10.6 Å². The minimum Gasteiger partial charge on any atom is -0.396 e. The quantitative estimate of drug-likeness (QED) is 0.671. The fraction of sp³-hybridized carbons (Fsp3) is 0.579. The molecule has 1 rings (SSSR count). The molecule has 1 aromatic rings. The topological polar surface area (TPSA) is 78.4 Å². The van der Waals surface area contributed by atoms with E-state index in [0.29, 0.717) is 18.7 Å². The molecule has 1 aromatic carbocycles. The van der Waals surface area contributed by atoms with Crippen LogP contribution in [-0.4, -0.2) is 30.1 Å². The van der Waals surface area contributed by atoms with E-state index in [0.717, 1.165) is 18.4 Å². The maximum atomic E-state index is 12.0. The highest BCUT2D eigenvalue weighted by atomic mass is 16.3. The lowest BCUT2D eigenvalue weighted by Gasteiger charge is -2.19. The second-order valence-corrected chi connectivity index (χ2v) is 7.16. The third-order valence-corrected chi connectivity index (χ3v) is 4.00. The Bertz CT molecular complexity index is 527. The molecular formula is C19H30N2O3. The largest absolute Gasteiger partial charge is 0.396 e. The van der Waals surface area contributed by atoms with E-state index in [4.69, 9.17) is 5.11 Å². The number of carbonyl (C=O) groups excluding carboxylic acids is 2. The van der Waals surface area contributed by atoms with Gasteiger partial charge in [0.05, 0.1) is 0 Å². The SMILES string of the molecule is CCCC(CCO)CNC(=O)C(=O)Nc1ccc(C(C)(C)C)cc1. The molecule has 5 nitrogen and oxygen atoms in total. The number of anilines is 1. The van der Waals surface area contributed by atoms with Gasteiger partial charge in [-0.15, -0.1) is 0 Å². The number of carbonyl (C=O) groups is 2. The van der Waals surface area contributed by atoms with Crippen molar-refractivity contribution in [2.24, 2.45) is 5.92 Å². The first-order valence-corrected chi connectivity index (χ1v) is 8.58.